The molecule has 4 heteroatoms. The van der Waals surface area contributed by atoms with Gasteiger partial charge >= 0.3 is 0 Å². The number of fused-ring (bicyclic) bond motifs is 2. The Hall–Kier alpha value is -0.620. The molecule has 3 unspecified atom stereocenters. The SMILES string of the molecule is O=C(Nc1ccc(I)cc1)C1CC2CCC1N2. The van der Waals surface area contributed by atoms with Gasteiger partial charge in [0.25, 0.3) is 0 Å². The quantitative estimate of drug-likeness (QED) is 0.811. The lowest BCUT2D eigenvalue weighted by atomic mass is 9.88. The minimum Gasteiger partial charge on any atom is -0.326 e. The summed E-state index contributed by atoms with van der Waals surface area (Å²) in [6.45, 7) is 0. The largest absolute Gasteiger partial charge is 0.326 e. The predicted molar refractivity (Wildman–Crippen MR) is 75.8 cm³/mol. The highest BCUT2D eigenvalue weighted by Gasteiger charge is 2.42. The van der Waals surface area contributed by atoms with Crippen molar-refractivity contribution >= 4 is 34.2 Å². The molecule has 0 aromatic heterocycles. The summed E-state index contributed by atoms with van der Waals surface area (Å²) in [5.41, 5.74) is 0.901. The minimum absolute atomic E-state index is 0.160. The Bertz CT molecular complexity index is 432. The van der Waals surface area contributed by atoms with E-state index in [2.05, 4.69) is 33.2 Å². The van der Waals surface area contributed by atoms with Crippen molar-refractivity contribution in [2.24, 2.45) is 5.92 Å². The summed E-state index contributed by atoms with van der Waals surface area (Å²) in [4.78, 5) is 12.1. The van der Waals surface area contributed by atoms with E-state index in [-0.39, 0.29) is 11.8 Å². The molecular weight excluding hydrogens is 327 g/mol. The van der Waals surface area contributed by atoms with Gasteiger partial charge in [0.05, 0.1) is 5.92 Å². The van der Waals surface area contributed by atoms with E-state index in [0.29, 0.717) is 12.1 Å². The molecule has 1 aromatic carbocycles. The number of hydrogen-bond donors (Lipinski definition) is 2. The van der Waals surface area contributed by atoms with Crippen LogP contribution in [0.15, 0.2) is 24.3 Å². The molecule has 2 bridgehead atoms. The number of halogens is 1. The van der Waals surface area contributed by atoms with Crippen LogP contribution in [-0.2, 0) is 4.79 Å². The highest BCUT2D eigenvalue weighted by molar-refractivity contribution is 14.1. The molecule has 3 nitrogen and oxygen atoms in total. The number of carbonyl (C=O) groups is 1. The molecule has 17 heavy (non-hydrogen) atoms. The number of amides is 1. The summed E-state index contributed by atoms with van der Waals surface area (Å²) in [6, 6.07) is 8.92. The molecule has 2 heterocycles. The Morgan fingerprint density at radius 1 is 1.29 bits per heavy atom. The molecule has 2 aliphatic rings. The second-order valence-corrected chi connectivity index (χ2v) is 6.13. The molecule has 2 saturated heterocycles. The van der Waals surface area contributed by atoms with Gasteiger partial charge < -0.3 is 10.6 Å². The smallest absolute Gasteiger partial charge is 0.229 e. The van der Waals surface area contributed by atoms with Crippen LogP contribution in [-0.4, -0.2) is 18.0 Å². The van der Waals surface area contributed by atoms with Crippen molar-refractivity contribution < 1.29 is 4.79 Å². The fraction of sp³-hybridized carbons (Fsp3) is 0.462. The summed E-state index contributed by atoms with van der Waals surface area (Å²) < 4.78 is 1.18. The van der Waals surface area contributed by atoms with Crippen LogP contribution in [0.1, 0.15) is 19.3 Å². The third-order valence-electron chi connectivity index (χ3n) is 3.75. The van der Waals surface area contributed by atoms with Gasteiger partial charge in [-0.1, -0.05) is 0 Å². The van der Waals surface area contributed by atoms with Gasteiger partial charge in [0, 0.05) is 21.3 Å². The van der Waals surface area contributed by atoms with Crippen LogP contribution >= 0.6 is 22.6 Å². The van der Waals surface area contributed by atoms with Gasteiger partial charge in [-0.05, 0) is 66.1 Å². The zero-order valence-electron chi connectivity index (χ0n) is 9.45. The van der Waals surface area contributed by atoms with Crippen LogP contribution in [0, 0.1) is 9.49 Å². The highest BCUT2D eigenvalue weighted by Crippen LogP contribution is 2.33. The number of hydrogen-bond acceptors (Lipinski definition) is 2. The van der Waals surface area contributed by atoms with Gasteiger partial charge in [0.1, 0.15) is 0 Å². The summed E-state index contributed by atoms with van der Waals surface area (Å²) in [6.07, 6.45) is 3.38. The summed E-state index contributed by atoms with van der Waals surface area (Å²) in [5.74, 6) is 0.332. The zero-order valence-corrected chi connectivity index (χ0v) is 11.6. The molecule has 0 aliphatic carbocycles. The number of nitrogens with one attached hydrogen (secondary N) is 2. The first-order chi connectivity index (χ1) is 8.22. The molecule has 90 valence electrons. The fourth-order valence-electron chi connectivity index (χ4n) is 2.88. The van der Waals surface area contributed by atoms with E-state index in [9.17, 15) is 4.79 Å². The maximum absolute atomic E-state index is 12.1. The van der Waals surface area contributed by atoms with E-state index in [1.54, 1.807) is 0 Å². The van der Waals surface area contributed by atoms with E-state index >= 15 is 0 Å². The molecule has 2 aliphatic heterocycles. The van der Waals surface area contributed by atoms with Crippen molar-refractivity contribution in [1.82, 2.24) is 5.32 Å². The summed E-state index contributed by atoms with van der Waals surface area (Å²) in [7, 11) is 0. The van der Waals surface area contributed by atoms with Crippen molar-refractivity contribution in [2.75, 3.05) is 5.32 Å². The maximum atomic E-state index is 12.1. The van der Waals surface area contributed by atoms with Crippen LogP contribution in [0.5, 0.6) is 0 Å². The lowest BCUT2D eigenvalue weighted by Crippen LogP contribution is -2.32. The van der Waals surface area contributed by atoms with E-state index < -0.39 is 0 Å². The minimum atomic E-state index is 0.160. The first-order valence-corrected chi connectivity index (χ1v) is 7.13. The lowest BCUT2D eigenvalue weighted by Gasteiger charge is -2.19. The molecule has 0 radical (unpaired) electrons. The Morgan fingerprint density at radius 3 is 2.65 bits per heavy atom. The van der Waals surface area contributed by atoms with Crippen LogP contribution in [0.3, 0.4) is 0 Å². The molecule has 1 aromatic rings. The Balaban J connectivity index is 1.65. The van der Waals surface area contributed by atoms with E-state index in [4.69, 9.17) is 0 Å². The normalized spacial score (nSPS) is 30.5. The second kappa shape index (κ2) is 4.57. The molecular formula is C13H15IN2O. The third-order valence-corrected chi connectivity index (χ3v) is 4.47. The molecule has 0 spiro atoms. The van der Waals surface area contributed by atoms with Gasteiger partial charge in [0.15, 0.2) is 0 Å². The second-order valence-electron chi connectivity index (χ2n) is 4.89. The third kappa shape index (κ3) is 2.33. The van der Waals surface area contributed by atoms with Crippen LogP contribution in [0.2, 0.25) is 0 Å². The van der Waals surface area contributed by atoms with Gasteiger partial charge in [-0.15, -0.1) is 0 Å². The Labute approximate surface area is 114 Å². The molecule has 3 rings (SSSR count). The first kappa shape index (κ1) is 11.5. The number of benzene rings is 1. The van der Waals surface area contributed by atoms with Gasteiger partial charge in [-0.3, -0.25) is 4.79 Å². The molecule has 3 atom stereocenters. The average molecular weight is 342 g/mol. The van der Waals surface area contributed by atoms with Crippen molar-refractivity contribution in [1.29, 1.82) is 0 Å². The van der Waals surface area contributed by atoms with Crippen LogP contribution < -0.4 is 10.6 Å². The van der Waals surface area contributed by atoms with Crippen LogP contribution in [0.4, 0.5) is 5.69 Å². The number of rotatable bonds is 2. The number of carbonyl (C=O) groups excluding carboxylic acids is 1. The van der Waals surface area contributed by atoms with Gasteiger partial charge in [0.2, 0.25) is 5.91 Å². The summed E-state index contributed by atoms with van der Waals surface area (Å²) in [5, 5.41) is 6.51. The lowest BCUT2D eigenvalue weighted by molar-refractivity contribution is -0.120. The Morgan fingerprint density at radius 2 is 2.06 bits per heavy atom. The standard InChI is InChI=1S/C13H15IN2O/c14-8-1-3-9(4-2-8)16-13(17)11-7-10-5-6-12(11)15-10/h1-4,10-12,15H,5-7H2,(H,16,17). The molecule has 2 fully saturated rings. The highest BCUT2D eigenvalue weighted by atomic mass is 127. The fourth-order valence-corrected chi connectivity index (χ4v) is 3.24. The monoisotopic (exact) mass is 342 g/mol. The van der Waals surface area contributed by atoms with E-state index in [1.807, 2.05) is 24.3 Å². The topological polar surface area (TPSA) is 41.1 Å². The predicted octanol–water partition coefficient (Wildman–Crippen LogP) is 2.37. The maximum Gasteiger partial charge on any atom is 0.229 e. The van der Waals surface area contributed by atoms with Gasteiger partial charge in [-0.2, -0.15) is 0 Å². The molecule has 2 N–H and O–H groups in total. The molecule has 0 saturated carbocycles. The van der Waals surface area contributed by atoms with Crippen molar-refractivity contribution in [3.05, 3.63) is 27.8 Å². The summed E-state index contributed by atoms with van der Waals surface area (Å²) >= 11 is 2.26. The zero-order chi connectivity index (χ0) is 11.8. The van der Waals surface area contributed by atoms with E-state index in [0.717, 1.165) is 18.5 Å². The Kier molecular flexibility index (Phi) is 3.08. The van der Waals surface area contributed by atoms with Crippen LogP contribution in [0.25, 0.3) is 0 Å². The van der Waals surface area contributed by atoms with Crippen molar-refractivity contribution in [2.45, 2.75) is 31.3 Å². The van der Waals surface area contributed by atoms with Gasteiger partial charge in [-0.25, -0.2) is 0 Å². The van der Waals surface area contributed by atoms with Crippen molar-refractivity contribution in [3.63, 3.8) is 0 Å². The van der Waals surface area contributed by atoms with E-state index in [1.165, 1.54) is 9.99 Å². The average Bonchev–Trinajstić information content (AvgIpc) is 2.94. The first-order valence-electron chi connectivity index (χ1n) is 6.05. The van der Waals surface area contributed by atoms with Crippen molar-refractivity contribution in [3.8, 4) is 0 Å². The molecule has 1 amide bonds. The number of anilines is 1.